The number of hydrogen-bond acceptors (Lipinski definition) is 5. The molecule has 0 amide bonds. The zero-order chi connectivity index (χ0) is 13.7. The van der Waals surface area contributed by atoms with Gasteiger partial charge in [0.15, 0.2) is 0 Å². The van der Waals surface area contributed by atoms with Crippen molar-refractivity contribution in [3.05, 3.63) is 29.8 Å². The van der Waals surface area contributed by atoms with E-state index >= 15 is 0 Å². The lowest BCUT2D eigenvalue weighted by Crippen LogP contribution is -2.24. The third-order valence-electron chi connectivity index (χ3n) is 2.90. The second-order valence-electron chi connectivity index (χ2n) is 4.51. The molecule has 1 atom stereocenters. The molecule has 0 spiro atoms. The van der Waals surface area contributed by atoms with Crippen molar-refractivity contribution >= 4 is 5.95 Å². The Hall–Kier alpha value is -1.98. The van der Waals surface area contributed by atoms with E-state index < -0.39 is 0 Å². The summed E-state index contributed by atoms with van der Waals surface area (Å²) in [5.74, 6) is 0.591. The van der Waals surface area contributed by atoms with Gasteiger partial charge in [0.2, 0.25) is 5.95 Å². The molecule has 0 saturated heterocycles. The molecule has 1 unspecified atom stereocenters. The minimum absolute atomic E-state index is 0.193. The second kappa shape index (κ2) is 6.26. The molecule has 0 aliphatic rings. The molecule has 0 aromatic carbocycles. The van der Waals surface area contributed by atoms with Gasteiger partial charge >= 0.3 is 0 Å². The Morgan fingerprint density at radius 1 is 1.21 bits per heavy atom. The van der Waals surface area contributed by atoms with Gasteiger partial charge in [-0.1, -0.05) is 13.8 Å². The number of rotatable bonds is 6. The standard InChI is InChI=1S/C13H20N6/c1-4-11-12(5-2)17-18-13(16-11)15-10(3)9-19-8-6-7-14-19/h6-8,10H,4-5,9H2,1-3H3,(H,15,16,18). The summed E-state index contributed by atoms with van der Waals surface area (Å²) in [5.41, 5.74) is 2.00. The summed E-state index contributed by atoms with van der Waals surface area (Å²) >= 11 is 0. The van der Waals surface area contributed by atoms with Crippen molar-refractivity contribution in [3.8, 4) is 0 Å². The maximum absolute atomic E-state index is 4.52. The van der Waals surface area contributed by atoms with Crippen LogP contribution in [0.5, 0.6) is 0 Å². The third kappa shape index (κ3) is 3.49. The third-order valence-corrected chi connectivity index (χ3v) is 2.90. The fourth-order valence-corrected chi connectivity index (χ4v) is 1.95. The number of aryl methyl sites for hydroxylation is 2. The highest BCUT2D eigenvalue weighted by Crippen LogP contribution is 2.08. The van der Waals surface area contributed by atoms with E-state index in [4.69, 9.17) is 0 Å². The summed E-state index contributed by atoms with van der Waals surface area (Å²) in [5, 5.41) is 15.8. The van der Waals surface area contributed by atoms with Crippen molar-refractivity contribution in [2.45, 2.75) is 46.2 Å². The molecule has 19 heavy (non-hydrogen) atoms. The zero-order valence-electron chi connectivity index (χ0n) is 11.7. The minimum Gasteiger partial charge on any atom is -0.349 e. The minimum atomic E-state index is 0.193. The maximum Gasteiger partial charge on any atom is 0.243 e. The fourth-order valence-electron chi connectivity index (χ4n) is 1.95. The zero-order valence-corrected chi connectivity index (χ0v) is 11.7. The van der Waals surface area contributed by atoms with Crippen LogP contribution in [0.15, 0.2) is 18.5 Å². The van der Waals surface area contributed by atoms with Crippen molar-refractivity contribution in [2.24, 2.45) is 0 Å². The second-order valence-corrected chi connectivity index (χ2v) is 4.51. The Kier molecular flexibility index (Phi) is 4.43. The maximum atomic E-state index is 4.52. The Balaban J connectivity index is 2.02. The van der Waals surface area contributed by atoms with Gasteiger partial charge in [-0.15, -0.1) is 5.10 Å². The van der Waals surface area contributed by atoms with Gasteiger partial charge in [-0.05, 0) is 25.8 Å². The van der Waals surface area contributed by atoms with E-state index in [1.165, 1.54) is 0 Å². The van der Waals surface area contributed by atoms with Gasteiger partial charge < -0.3 is 5.32 Å². The van der Waals surface area contributed by atoms with Crippen LogP contribution < -0.4 is 5.32 Å². The fraction of sp³-hybridized carbons (Fsp3) is 0.538. The van der Waals surface area contributed by atoms with Gasteiger partial charge in [0, 0.05) is 18.4 Å². The lowest BCUT2D eigenvalue weighted by Gasteiger charge is -2.14. The molecule has 2 aromatic heterocycles. The van der Waals surface area contributed by atoms with Crippen LogP contribution in [-0.4, -0.2) is 31.0 Å². The summed E-state index contributed by atoms with van der Waals surface area (Å²) in [7, 11) is 0. The predicted molar refractivity (Wildman–Crippen MR) is 73.9 cm³/mol. The summed E-state index contributed by atoms with van der Waals surface area (Å²) in [6, 6.07) is 2.11. The van der Waals surface area contributed by atoms with E-state index in [0.717, 1.165) is 30.8 Å². The van der Waals surface area contributed by atoms with Gasteiger partial charge in [-0.2, -0.15) is 10.2 Å². The first kappa shape index (κ1) is 13.5. The van der Waals surface area contributed by atoms with Crippen molar-refractivity contribution in [1.29, 1.82) is 0 Å². The summed E-state index contributed by atoms with van der Waals surface area (Å²) < 4.78 is 1.88. The topological polar surface area (TPSA) is 68.5 Å². The molecule has 0 saturated carbocycles. The quantitative estimate of drug-likeness (QED) is 0.856. The van der Waals surface area contributed by atoms with Crippen LogP contribution in [0.3, 0.4) is 0 Å². The summed E-state index contributed by atoms with van der Waals surface area (Å²) in [6.07, 6.45) is 5.46. The summed E-state index contributed by atoms with van der Waals surface area (Å²) in [4.78, 5) is 4.52. The molecular weight excluding hydrogens is 240 g/mol. The monoisotopic (exact) mass is 260 g/mol. The molecule has 2 aromatic rings. The van der Waals surface area contributed by atoms with Gasteiger partial charge in [0.05, 0.1) is 17.9 Å². The first-order valence-electron chi connectivity index (χ1n) is 6.69. The molecule has 0 aliphatic carbocycles. The SMILES string of the molecule is CCc1nnc(NC(C)Cn2cccn2)nc1CC. The van der Waals surface area contributed by atoms with Crippen molar-refractivity contribution in [3.63, 3.8) is 0 Å². The van der Waals surface area contributed by atoms with Crippen LogP contribution in [0.25, 0.3) is 0 Å². The number of nitrogens with one attached hydrogen (secondary N) is 1. The van der Waals surface area contributed by atoms with Crippen molar-refractivity contribution in [1.82, 2.24) is 25.0 Å². The van der Waals surface area contributed by atoms with Crippen LogP contribution in [0.4, 0.5) is 5.95 Å². The first-order chi connectivity index (χ1) is 9.22. The Labute approximate surface area is 113 Å². The first-order valence-corrected chi connectivity index (χ1v) is 6.69. The van der Waals surface area contributed by atoms with E-state index in [2.05, 4.69) is 46.4 Å². The molecular formula is C13H20N6. The average Bonchev–Trinajstić information content (AvgIpc) is 2.91. The molecule has 6 nitrogen and oxygen atoms in total. The largest absolute Gasteiger partial charge is 0.349 e. The number of aromatic nitrogens is 5. The van der Waals surface area contributed by atoms with Crippen LogP contribution in [0.1, 0.15) is 32.2 Å². The highest BCUT2D eigenvalue weighted by molar-refractivity contribution is 5.26. The van der Waals surface area contributed by atoms with Crippen LogP contribution >= 0.6 is 0 Å². The number of anilines is 1. The Morgan fingerprint density at radius 3 is 2.63 bits per heavy atom. The average molecular weight is 260 g/mol. The van der Waals surface area contributed by atoms with E-state index in [-0.39, 0.29) is 6.04 Å². The molecule has 6 heteroatoms. The molecule has 102 valence electrons. The molecule has 0 bridgehead atoms. The van der Waals surface area contributed by atoms with Crippen LogP contribution in [0, 0.1) is 0 Å². The molecule has 0 aliphatic heterocycles. The van der Waals surface area contributed by atoms with Gasteiger partial charge in [-0.25, -0.2) is 4.98 Å². The molecule has 2 heterocycles. The Bertz CT molecular complexity index is 508. The summed E-state index contributed by atoms with van der Waals surface area (Å²) in [6.45, 7) is 7.00. The number of hydrogen-bond donors (Lipinski definition) is 1. The van der Waals surface area contributed by atoms with E-state index in [0.29, 0.717) is 5.95 Å². The predicted octanol–water partition coefficient (Wildman–Crippen LogP) is 1.69. The van der Waals surface area contributed by atoms with Crippen LogP contribution in [0.2, 0.25) is 0 Å². The van der Waals surface area contributed by atoms with Gasteiger partial charge in [0.25, 0.3) is 0 Å². The Morgan fingerprint density at radius 2 is 2.00 bits per heavy atom. The molecule has 0 radical (unpaired) electrons. The van der Waals surface area contributed by atoms with E-state index in [9.17, 15) is 0 Å². The normalized spacial score (nSPS) is 12.4. The number of nitrogens with zero attached hydrogens (tertiary/aromatic N) is 5. The lowest BCUT2D eigenvalue weighted by molar-refractivity contribution is 0.557. The lowest BCUT2D eigenvalue weighted by atomic mass is 10.2. The van der Waals surface area contributed by atoms with Crippen LogP contribution in [-0.2, 0) is 19.4 Å². The van der Waals surface area contributed by atoms with E-state index in [1.807, 2.05) is 16.9 Å². The highest BCUT2D eigenvalue weighted by atomic mass is 15.3. The highest BCUT2D eigenvalue weighted by Gasteiger charge is 2.09. The van der Waals surface area contributed by atoms with Crippen molar-refractivity contribution < 1.29 is 0 Å². The smallest absolute Gasteiger partial charge is 0.243 e. The van der Waals surface area contributed by atoms with E-state index in [1.54, 1.807) is 6.20 Å². The van der Waals surface area contributed by atoms with Gasteiger partial charge in [-0.3, -0.25) is 4.68 Å². The van der Waals surface area contributed by atoms with Crippen molar-refractivity contribution in [2.75, 3.05) is 5.32 Å². The molecule has 2 rings (SSSR count). The van der Waals surface area contributed by atoms with Gasteiger partial charge in [0.1, 0.15) is 0 Å². The molecule has 0 fully saturated rings. The molecule has 1 N–H and O–H groups in total.